The van der Waals surface area contributed by atoms with Crippen molar-refractivity contribution in [3.63, 3.8) is 0 Å². The van der Waals surface area contributed by atoms with Crippen LogP contribution >= 0.6 is 0 Å². The van der Waals surface area contributed by atoms with Gasteiger partial charge in [0.05, 0.1) is 0 Å². The molecule has 0 bridgehead atoms. The van der Waals surface area contributed by atoms with Crippen LogP contribution in [0.4, 0.5) is 0 Å². The Labute approximate surface area is 116 Å². The van der Waals surface area contributed by atoms with Crippen molar-refractivity contribution in [2.75, 3.05) is 20.4 Å². The fourth-order valence-electron chi connectivity index (χ4n) is 2.48. The van der Waals surface area contributed by atoms with Crippen LogP contribution in [0.2, 0.25) is 0 Å². The van der Waals surface area contributed by atoms with E-state index in [1.807, 2.05) is 0 Å². The van der Waals surface area contributed by atoms with Gasteiger partial charge in [0.25, 0.3) is 0 Å². The Morgan fingerprint density at radius 3 is 2.85 bits per heavy atom. The number of hydrogen-bond donors (Lipinski definition) is 2. The highest BCUT2D eigenvalue weighted by Gasteiger charge is 2.51. The molecule has 0 spiro atoms. The third kappa shape index (κ3) is 2.16. The molecule has 2 N–H and O–H groups in total. The predicted molar refractivity (Wildman–Crippen MR) is 70.2 cm³/mol. The summed E-state index contributed by atoms with van der Waals surface area (Å²) in [4.78, 5) is 11.6. The number of likely N-dealkylation sites (N-methyl/N-ethyl adjacent to an activating group) is 1. The lowest BCUT2D eigenvalue weighted by Crippen LogP contribution is -2.56. The van der Waals surface area contributed by atoms with Gasteiger partial charge in [0.1, 0.15) is 12.4 Å². The molecule has 6 nitrogen and oxygen atoms in total. The summed E-state index contributed by atoms with van der Waals surface area (Å²) >= 11 is 0. The second kappa shape index (κ2) is 4.86. The third-order valence-corrected chi connectivity index (χ3v) is 3.91. The monoisotopic (exact) mass is 279 g/mol. The van der Waals surface area contributed by atoms with E-state index in [9.17, 15) is 9.90 Å². The van der Waals surface area contributed by atoms with Gasteiger partial charge in [-0.05, 0) is 37.9 Å². The zero-order valence-corrected chi connectivity index (χ0v) is 11.2. The Morgan fingerprint density at radius 2 is 2.20 bits per heavy atom. The standard InChI is InChI=1S/C14H17NO5/c1-15-14(13(16)17,9-2-3-9)7-18-10-4-5-11-12(6-10)20-8-19-11/h4-6,9,15H,2-3,7-8H2,1H3,(H,16,17). The van der Waals surface area contributed by atoms with Gasteiger partial charge >= 0.3 is 5.97 Å². The molecule has 1 aliphatic heterocycles. The average Bonchev–Trinajstić information content (AvgIpc) is 3.18. The Bertz CT molecular complexity index is 528. The summed E-state index contributed by atoms with van der Waals surface area (Å²) < 4.78 is 16.2. The number of carboxylic acid groups (broad SMARTS) is 1. The maximum absolute atomic E-state index is 11.6. The average molecular weight is 279 g/mol. The van der Waals surface area contributed by atoms with Crippen LogP contribution in [-0.2, 0) is 4.79 Å². The van der Waals surface area contributed by atoms with E-state index in [1.54, 1.807) is 25.2 Å². The van der Waals surface area contributed by atoms with Crippen LogP contribution in [0.1, 0.15) is 12.8 Å². The first-order valence-corrected chi connectivity index (χ1v) is 6.60. The highest BCUT2D eigenvalue weighted by atomic mass is 16.7. The van der Waals surface area contributed by atoms with Crippen molar-refractivity contribution in [1.29, 1.82) is 0 Å². The lowest BCUT2D eigenvalue weighted by Gasteiger charge is -2.28. The second-order valence-electron chi connectivity index (χ2n) is 5.10. The number of aliphatic carboxylic acids is 1. The lowest BCUT2D eigenvalue weighted by molar-refractivity contribution is -0.147. The van der Waals surface area contributed by atoms with E-state index in [0.29, 0.717) is 17.2 Å². The van der Waals surface area contributed by atoms with Crippen molar-refractivity contribution >= 4 is 5.97 Å². The summed E-state index contributed by atoms with van der Waals surface area (Å²) in [6.45, 7) is 0.291. The highest BCUT2D eigenvalue weighted by Crippen LogP contribution is 2.41. The van der Waals surface area contributed by atoms with E-state index in [2.05, 4.69) is 5.32 Å². The van der Waals surface area contributed by atoms with E-state index < -0.39 is 11.5 Å². The Morgan fingerprint density at radius 1 is 1.45 bits per heavy atom. The van der Waals surface area contributed by atoms with Crippen LogP contribution in [0.5, 0.6) is 17.2 Å². The lowest BCUT2D eigenvalue weighted by atomic mass is 9.94. The molecule has 1 aliphatic carbocycles. The molecule has 0 amide bonds. The summed E-state index contributed by atoms with van der Waals surface area (Å²) in [7, 11) is 1.66. The van der Waals surface area contributed by atoms with Crippen molar-refractivity contribution in [1.82, 2.24) is 5.32 Å². The fraction of sp³-hybridized carbons (Fsp3) is 0.500. The Kier molecular flexibility index (Phi) is 3.17. The smallest absolute Gasteiger partial charge is 0.327 e. The maximum Gasteiger partial charge on any atom is 0.327 e. The molecule has 1 fully saturated rings. The number of rotatable bonds is 6. The number of nitrogens with one attached hydrogen (secondary N) is 1. The number of ether oxygens (including phenoxy) is 3. The quantitative estimate of drug-likeness (QED) is 0.816. The molecular weight excluding hydrogens is 262 g/mol. The first kappa shape index (κ1) is 13.1. The topological polar surface area (TPSA) is 77.0 Å². The minimum Gasteiger partial charge on any atom is -0.491 e. The van der Waals surface area contributed by atoms with E-state index in [1.165, 1.54) is 0 Å². The molecule has 1 unspecified atom stereocenters. The van der Waals surface area contributed by atoms with Gasteiger partial charge in [-0.2, -0.15) is 0 Å². The molecule has 1 aromatic carbocycles. The normalized spacial score (nSPS) is 19.4. The zero-order chi connectivity index (χ0) is 14.2. The summed E-state index contributed by atoms with van der Waals surface area (Å²) in [5, 5.41) is 12.4. The van der Waals surface area contributed by atoms with Gasteiger partial charge in [0, 0.05) is 6.07 Å². The largest absolute Gasteiger partial charge is 0.491 e. The number of fused-ring (bicyclic) bond motifs is 1. The van der Waals surface area contributed by atoms with Crippen molar-refractivity contribution < 1.29 is 24.1 Å². The van der Waals surface area contributed by atoms with Crippen LogP contribution in [0.25, 0.3) is 0 Å². The van der Waals surface area contributed by atoms with Crippen molar-refractivity contribution in [2.24, 2.45) is 5.92 Å². The van der Waals surface area contributed by atoms with Crippen molar-refractivity contribution in [3.05, 3.63) is 18.2 Å². The minimum atomic E-state index is -1.02. The number of carboxylic acids is 1. The van der Waals surface area contributed by atoms with Gasteiger partial charge in [0.15, 0.2) is 17.0 Å². The summed E-state index contributed by atoms with van der Waals surface area (Å²) in [6, 6.07) is 5.23. The first-order valence-electron chi connectivity index (χ1n) is 6.60. The minimum absolute atomic E-state index is 0.0865. The fourth-order valence-corrected chi connectivity index (χ4v) is 2.48. The number of carbonyl (C=O) groups is 1. The Hall–Kier alpha value is -1.95. The summed E-state index contributed by atoms with van der Waals surface area (Å²) in [6.07, 6.45) is 1.83. The van der Waals surface area contributed by atoms with Gasteiger partial charge < -0.3 is 24.6 Å². The van der Waals surface area contributed by atoms with E-state index >= 15 is 0 Å². The van der Waals surface area contributed by atoms with Crippen LogP contribution in [0.15, 0.2) is 18.2 Å². The van der Waals surface area contributed by atoms with Gasteiger partial charge in [0.2, 0.25) is 6.79 Å². The SMILES string of the molecule is CNC(COc1ccc2c(c1)OCO2)(C(=O)O)C1CC1. The van der Waals surface area contributed by atoms with Crippen molar-refractivity contribution in [3.8, 4) is 17.2 Å². The molecule has 0 radical (unpaired) electrons. The molecule has 1 atom stereocenters. The second-order valence-corrected chi connectivity index (χ2v) is 5.10. The zero-order valence-electron chi connectivity index (χ0n) is 11.2. The summed E-state index contributed by atoms with van der Waals surface area (Å²) in [5.41, 5.74) is -1.02. The molecule has 0 aromatic heterocycles. The Balaban J connectivity index is 1.73. The van der Waals surface area contributed by atoms with Gasteiger partial charge in [-0.1, -0.05) is 0 Å². The van der Waals surface area contributed by atoms with Crippen LogP contribution in [-0.4, -0.2) is 37.1 Å². The van der Waals surface area contributed by atoms with Crippen LogP contribution in [0.3, 0.4) is 0 Å². The van der Waals surface area contributed by atoms with Crippen molar-refractivity contribution in [2.45, 2.75) is 18.4 Å². The van der Waals surface area contributed by atoms with E-state index in [4.69, 9.17) is 14.2 Å². The van der Waals surface area contributed by atoms with Crippen LogP contribution < -0.4 is 19.5 Å². The molecule has 1 aromatic rings. The first-order chi connectivity index (χ1) is 9.65. The van der Waals surface area contributed by atoms with Gasteiger partial charge in [-0.3, -0.25) is 4.79 Å². The predicted octanol–water partition coefficient (Wildman–Crippen LogP) is 1.25. The van der Waals surface area contributed by atoms with Gasteiger partial charge in [-0.15, -0.1) is 0 Å². The molecule has 3 rings (SSSR count). The number of hydrogen-bond acceptors (Lipinski definition) is 5. The van der Waals surface area contributed by atoms with Crippen LogP contribution in [0, 0.1) is 5.92 Å². The van der Waals surface area contributed by atoms with Gasteiger partial charge in [-0.25, -0.2) is 0 Å². The maximum atomic E-state index is 11.6. The number of benzene rings is 1. The molecule has 1 heterocycles. The van der Waals surface area contributed by atoms with E-state index in [-0.39, 0.29) is 19.3 Å². The summed E-state index contributed by atoms with van der Waals surface area (Å²) in [5.74, 6) is 1.13. The molecule has 0 saturated heterocycles. The third-order valence-electron chi connectivity index (χ3n) is 3.91. The molecule has 108 valence electrons. The molecule has 6 heteroatoms. The molecule has 2 aliphatic rings. The highest BCUT2D eigenvalue weighted by molar-refractivity contribution is 5.80. The molecule has 1 saturated carbocycles. The van der Waals surface area contributed by atoms with E-state index in [0.717, 1.165) is 12.8 Å². The molecular formula is C14H17NO5. The molecule has 20 heavy (non-hydrogen) atoms.